The molecule has 4 nitrogen and oxygen atoms in total. The van der Waals surface area contributed by atoms with E-state index >= 15 is 0 Å². The summed E-state index contributed by atoms with van der Waals surface area (Å²) in [5.74, 6) is -0.0979. The maximum atomic E-state index is 11.1. The number of nitrogens with one attached hydrogen (secondary N) is 1. The van der Waals surface area contributed by atoms with E-state index in [1.54, 1.807) is 6.92 Å². The van der Waals surface area contributed by atoms with Crippen LogP contribution in [0.25, 0.3) is 0 Å². The zero-order chi connectivity index (χ0) is 9.61. The van der Waals surface area contributed by atoms with Crippen LogP contribution in [0.4, 0.5) is 0 Å². The van der Waals surface area contributed by atoms with Crippen LogP contribution in [-0.2, 0) is 9.36 Å². The molecule has 0 saturated carbocycles. The molecule has 0 aliphatic carbocycles. The highest BCUT2D eigenvalue weighted by atomic mass is 31.2. The molecule has 0 heterocycles. The van der Waals surface area contributed by atoms with Crippen LogP contribution in [0.15, 0.2) is 0 Å². The summed E-state index contributed by atoms with van der Waals surface area (Å²) >= 11 is 0. The van der Waals surface area contributed by atoms with E-state index in [1.807, 2.05) is 0 Å². The number of carbonyl (C=O) groups is 1. The Kier molecular flexibility index (Phi) is 5.18. The standard InChI is InChI=1S/C7H16NO3P/c1-3-12(10,11)6-4-5-8-7(2)9/h3-6H2,1-2H3,(H,8,9)(H,10,11). The van der Waals surface area contributed by atoms with Crippen molar-refractivity contribution in [2.45, 2.75) is 20.3 Å². The van der Waals surface area contributed by atoms with Crippen LogP contribution in [0.5, 0.6) is 0 Å². The van der Waals surface area contributed by atoms with Gasteiger partial charge in [-0.1, -0.05) is 6.92 Å². The van der Waals surface area contributed by atoms with Gasteiger partial charge in [-0.3, -0.25) is 9.36 Å². The molecule has 0 aliphatic rings. The Morgan fingerprint density at radius 2 is 2.17 bits per heavy atom. The van der Waals surface area contributed by atoms with E-state index in [-0.39, 0.29) is 5.91 Å². The maximum Gasteiger partial charge on any atom is 0.216 e. The lowest BCUT2D eigenvalue weighted by atomic mass is 10.5. The first-order chi connectivity index (χ1) is 5.48. The van der Waals surface area contributed by atoms with E-state index < -0.39 is 7.37 Å². The van der Waals surface area contributed by atoms with Gasteiger partial charge in [0.1, 0.15) is 0 Å². The summed E-state index contributed by atoms with van der Waals surface area (Å²) in [5.41, 5.74) is 0. The molecule has 0 fully saturated rings. The molecule has 12 heavy (non-hydrogen) atoms. The average molecular weight is 193 g/mol. The maximum absolute atomic E-state index is 11.1. The van der Waals surface area contributed by atoms with E-state index in [0.717, 1.165) is 0 Å². The second-order valence-corrected chi connectivity index (χ2v) is 5.49. The quantitative estimate of drug-likeness (QED) is 0.501. The summed E-state index contributed by atoms with van der Waals surface area (Å²) in [6, 6.07) is 0. The summed E-state index contributed by atoms with van der Waals surface area (Å²) in [6.07, 6.45) is 1.18. The predicted octanol–water partition coefficient (Wildman–Crippen LogP) is 0.803. The van der Waals surface area contributed by atoms with Gasteiger partial charge in [-0.25, -0.2) is 0 Å². The Morgan fingerprint density at radius 3 is 2.58 bits per heavy atom. The van der Waals surface area contributed by atoms with Crippen LogP contribution in [0.1, 0.15) is 20.3 Å². The minimum absolute atomic E-state index is 0.0979. The van der Waals surface area contributed by atoms with E-state index in [1.165, 1.54) is 6.92 Å². The SMILES string of the molecule is CCP(=O)(O)CCCNC(C)=O. The van der Waals surface area contributed by atoms with Gasteiger partial charge in [0, 0.05) is 25.8 Å². The van der Waals surface area contributed by atoms with E-state index in [2.05, 4.69) is 5.32 Å². The van der Waals surface area contributed by atoms with E-state index in [9.17, 15) is 9.36 Å². The predicted molar refractivity (Wildman–Crippen MR) is 48.5 cm³/mol. The molecule has 0 aromatic heterocycles. The Bertz CT molecular complexity index is 193. The van der Waals surface area contributed by atoms with Crippen molar-refractivity contribution in [3.63, 3.8) is 0 Å². The first-order valence-corrected chi connectivity index (χ1v) is 6.06. The highest BCUT2D eigenvalue weighted by molar-refractivity contribution is 7.57. The molecule has 0 spiro atoms. The molecular weight excluding hydrogens is 177 g/mol. The lowest BCUT2D eigenvalue weighted by molar-refractivity contribution is -0.118. The molecule has 1 atom stereocenters. The van der Waals surface area contributed by atoms with Gasteiger partial charge < -0.3 is 10.2 Å². The van der Waals surface area contributed by atoms with Crippen LogP contribution in [0.2, 0.25) is 0 Å². The Balaban J connectivity index is 3.44. The molecule has 0 aliphatic heterocycles. The highest BCUT2D eigenvalue weighted by Gasteiger charge is 2.13. The van der Waals surface area contributed by atoms with Crippen molar-refractivity contribution in [2.75, 3.05) is 18.9 Å². The van der Waals surface area contributed by atoms with E-state index in [0.29, 0.717) is 25.3 Å². The van der Waals surface area contributed by atoms with Crippen molar-refractivity contribution in [2.24, 2.45) is 0 Å². The van der Waals surface area contributed by atoms with Crippen LogP contribution in [-0.4, -0.2) is 29.7 Å². The Morgan fingerprint density at radius 1 is 1.58 bits per heavy atom. The zero-order valence-electron chi connectivity index (χ0n) is 7.54. The topological polar surface area (TPSA) is 66.4 Å². The Hall–Kier alpha value is -0.340. The summed E-state index contributed by atoms with van der Waals surface area (Å²) in [4.78, 5) is 19.5. The van der Waals surface area contributed by atoms with Crippen molar-refractivity contribution in [3.8, 4) is 0 Å². The third kappa shape index (κ3) is 6.38. The first-order valence-electron chi connectivity index (χ1n) is 4.03. The minimum atomic E-state index is -2.88. The number of carbonyl (C=O) groups excluding carboxylic acids is 1. The van der Waals surface area contributed by atoms with Crippen molar-refractivity contribution in [3.05, 3.63) is 0 Å². The van der Waals surface area contributed by atoms with Crippen molar-refractivity contribution >= 4 is 13.3 Å². The average Bonchev–Trinajstić information content (AvgIpc) is 1.98. The molecule has 72 valence electrons. The van der Waals surface area contributed by atoms with Gasteiger partial charge >= 0.3 is 0 Å². The van der Waals surface area contributed by atoms with Gasteiger partial charge in [-0.05, 0) is 6.42 Å². The van der Waals surface area contributed by atoms with E-state index in [4.69, 9.17) is 4.89 Å². The molecule has 0 saturated heterocycles. The lowest BCUT2D eigenvalue weighted by Gasteiger charge is -2.07. The molecule has 1 amide bonds. The molecular formula is C7H16NO3P. The molecule has 0 aromatic rings. The number of amides is 1. The van der Waals surface area contributed by atoms with Crippen LogP contribution >= 0.6 is 7.37 Å². The van der Waals surface area contributed by atoms with Crippen molar-refractivity contribution in [1.29, 1.82) is 0 Å². The molecule has 0 rings (SSSR count). The fourth-order valence-electron chi connectivity index (χ4n) is 0.749. The molecule has 0 radical (unpaired) electrons. The van der Waals surface area contributed by atoms with Crippen molar-refractivity contribution < 1.29 is 14.3 Å². The van der Waals surface area contributed by atoms with Crippen molar-refractivity contribution in [1.82, 2.24) is 5.32 Å². The van der Waals surface area contributed by atoms with Crippen LogP contribution in [0.3, 0.4) is 0 Å². The van der Waals surface area contributed by atoms with Gasteiger partial charge in [0.15, 0.2) is 7.37 Å². The number of hydrogen-bond acceptors (Lipinski definition) is 2. The minimum Gasteiger partial charge on any atom is -0.356 e. The zero-order valence-corrected chi connectivity index (χ0v) is 8.43. The Labute approximate surface area is 72.8 Å². The third-order valence-corrected chi connectivity index (χ3v) is 3.56. The monoisotopic (exact) mass is 193 g/mol. The molecule has 2 N–H and O–H groups in total. The molecule has 1 unspecified atom stereocenters. The summed E-state index contributed by atoms with van der Waals surface area (Å²) in [5, 5.41) is 2.57. The second kappa shape index (κ2) is 5.33. The summed E-state index contributed by atoms with van der Waals surface area (Å²) < 4.78 is 11.1. The van der Waals surface area contributed by atoms with Crippen LogP contribution < -0.4 is 5.32 Å². The molecule has 0 bridgehead atoms. The van der Waals surface area contributed by atoms with Gasteiger partial charge in [0.2, 0.25) is 5.91 Å². The van der Waals surface area contributed by atoms with Gasteiger partial charge in [0.25, 0.3) is 0 Å². The molecule has 0 aromatic carbocycles. The van der Waals surface area contributed by atoms with Gasteiger partial charge in [-0.2, -0.15) is 0 Å². The number of rotatable bonds is 5. The van der Waals surface area contributed by atoms with Gasteiger partial charge in [-0.15, -0.1) is 0 Å². The normalized spacial score (nSPS) is 15.2. The second-order valence-electron chi connectivity index (χ2n) is 2.72. The highest BCUT2D eigenvalue weighted by Crippen LogP contribution is 2.39. The fourth-order valence-corrected chi connectivity index (χ4v) is 1.72. The third-order valence-electron chi connectivity index (χ3n) is 1.55. The smallest absolute Gasteiger partial charge is 0.216 e. The van der Waals surface area contributed by atoms with Crippen LogP contribution in [0, 0.1) is 0 Å². The number of hydrogen-bond donors (Lipinski definition) is 2. The fraction of sp³-hybridized carbons (Fsp3) is 0.857. The molecule has 5 heteroatoms. The lowest BCUT2D eigenvalue weighted by Crippen LogP contribution is -2.21. The largest absolute Gasteiger partial charge is 0.356 e. The van der Waals surface area contributed by atoms with Gasteiger partial charge in [0.05, 0.1) is 0 Å². The summed E-state index contributed by atoms with van der Waals surface area (Å²) in [6.45, 7) is 3.61. The summed E-state index contributed by atoms with van der Waals surface area (Å²) in [7, 11) is -2.88. The first kappa shape index (κ1) is 11.7.